The Labute approximate surface area is 130 Å². The van der Waals surface area contributed by atoms with Gasteiger partial charge < -0.3 is 10.2 Å². The summed E-state index contributed by atoms with van der Waals surface area (Å²) in [6, 6.07) is 12.0. The van der Waals surface area contributed by atoms with Crippen LogP contribution in [0.3, 0.4) is 0 Å². The molecular weight excluding hydrogens is 336 g/mol. The van der Waals surface area contributed by atoms with Gasteiger partial charge in [-0.3, -0.25) is 0 Å². The second-order valence-corrected chi connectivity index (χ2v) is 6.70. The average molecular weight is 351 g/mol. The number of halogens is 1. The maximum absolute atomic E-state index is 12.4. The number of amides is 2. The maximum Gasteiger partial charge on any atom is 0.322 e. The van der Waals surface area contributed by atoms with Crippen molar-refractivity contribution in [3.8, 4) is 0 Å². The van der Waals surface area contributed by atoms with E-state index >= 15 is 0 Å². The fraction of sp³-hybridized carbons (Fsp3) is 0.267. The van der Waals surface area contributed by atoms with Crippen LogP contribution in [0.15, 0.2) is 46.3 Å². The van der Waals surface area contributed by atoms with Gasteiger partial charge in [0.1, 0.15) is 0 Å². The summed E-state index contributed by atoms with van der Waals surface area (Å²) >= 11 is 5.11. The Morgan fingerprint density at radius 2 is 2.10 bits per heavy atom. The molecule has 104 valence electrons. The Morgan fingerprint density at radius 1 is 1.30 bits per heavy atom. The van der Waals surface area contributed by atoms with Crippen LogP contribution in [0, 0.1) is 0 Å². The van der Waals surface area contributed by atoms with E-state index in [0.717, 1.165) is 29.5 Å². The minimum Gasteiger partial charge on any atom is -0.317 e. The number of carbonyl (C=O) groups is 1. The molecule has 2 heterocycles. The van der Waals surface area contributed by atoms with Gasteiger partial charge in [-0.1, -0.05) is 22.0 Å². The van der Waals surface area contributed by atoms with Gasteiger partial charge in [-0.05, 0) is 48.6 Å². The number of rotatable bonds is 2. The summed E-state index contributed by atoms with van der Waals surface area (Å²) < 4.78 is 1.01. The van der Waals surface area contributed by atoms with Crippen molar-refractivity contribution in [1.82, 2.24) is 4.90 Å². The van der Waals surface area contributed by atoms with Crippen LogP contribution in [0.4, 0.5) is 10.5 Å². The summed E-state index contributed by atoms with van der Waals surface area (Å²) in [6.07, 6.45) is 2.12. The molecule has 0 spiro atoms. The molecule has 3 nitrogen and oxygen atoms in total. The largest absolute Gasteiger partial charge is 0.322 e. The van der Waals surface area contributed by atoms with Crippen LogP contribution in [0.5, 0.6) is 0 Å². The molecule has 1 aliphatic rings. The summed E-state index contributed by atoms with van der Waals surface area (Å²) in [5, 5.41) is 5.04. The molecule has 1 atom stereocenters. The molecule has 0 aliphatic carbocycles. The van der Waals surface area contributed by atoms with E-state index in [1.165, 1.54) is 4.88 Å². The van der Waals surface area contributed by atoms with Gasteiger partial charge in [-0.2, -0.15) is 0 Å². The van der Waals surface area contributed by atoms with Crippen LogP contribution >= 0.6 is 27.3 Å². The molecule has 1 unspecified atom stereocenters. The zero-order valence-corrected chi connectivity index (χ0v) is 13.3. The zero-order chi connectivity index (χ0) is 13.9. The second-order valence-electron chi connectivity index (χ2n) is 4.80. The van der Waals surface area contributed by atoms with Crippen LogP contribution in [0.25, 0.3) is 0 Å². The molecule has 20 heavy (non-hydrogen) atoms. The molecule has 2 aromatic rings. The third kappa shape index (κ3) is 2.88. The minimum atomic E-state index is -0.0109. The predicted molar refractivity (Wildman–Crippen MR) is 86.2 cm³/mol. The second kappa shape index (κ2) is 5.97. The molecule has 5 heteroatoms. The lowest BCUT2D eigenvalue weighted by Gasteiger charge is -2.24. The molecule has 1 aliphatic heterocycles. The highest BCUT2D eigenvalue weighted by molar-refractivity contribution is 9.10. The van der Waals surface area contributed by atoms with Crippen LogP contribution in [-0.2, 0) is 0 Å². The molecular formula is C15H15BrN2OS. The monoisotopic (exact) mass is 350 g/mol. The Bertz CT molecular complexity index is 582. The first-order valence-corrected chi connectivity index (χ1v) is 8.28. The van der Waals surface area contributed by atoms with Crippen molar-refractivity contribution in [2.75, 3.05) is 11.9 Å². The first kappa shape index (κ1) is 13.6. The van der Waals surface area contributed by atoms with E-state index in [9.17, 15) is 4.79 Å². The third-order valence-electron chi connectivity index (χ3n) is 3.48. The number of thiophene rings is 1. The molecule has 2 amide bonds. The number of anilines is 1. The molecule has 1 fully saturated rings. The zero-order valence-electron chi connectivity index (χ0n) is 10.9. The predicted octanol–water partition coefficient (Wildman–Crippen LogP) is 4.88. The highest BCUT2D eigenvalue weighted by Gasteiger charge is 2.30. The van der Waals surface area contributed by atoms with E-state index in [-0.39, 0.29) is 12.1 Å². The number of likely N-dealkylation sites (tertiary alicyclic amines) is 1. The van der Waals surface area contributed by atoms with Crippen LogP contribution in [-0.4, -0.2) is 17.5 Å². The number of urea groups is 1. The minimum absolute atomic E-state index is 0.0109. The molecule has 1 N–H and O–H groups in total. The average Bonchev–Trinajstić information content (AvgIpc) is 3.11. The molecule has 0 saturated carbocycles. The lowest BCUT2D eigenvalue weighted by molar-refractivity contribution is 0.208. The van der Waals surface area contributed by atoms with Crippen molar-refractivity contribution >= 4 is 39.0 Å². The highest BCUT2D eigenvalue weighted by Crippen LogP contribution is 2.34. The molecule has 0 radical (unpaired) electrons. The Balaban J connectivity index is 1.71. The van der Waals surface area contributed by atoms with E-state index in [0.29, 0.717) is 0 Å². The van der Waals surface area contributed by atoms with Crippen LogP contribution in [0.1, 0.15) is 23.8 Å². The van der Waals surface area contributed by atoms with E-state index in [1.807, 2.05) is 35.2 Å². The number of nitrogens with zero attached hydrogens (tertiary/aromatic N) is 1. The van der Waals surface area contributed by atoms with Gasteiger partial charge in [-0.25, -0.2) is 4.79 Å². The van der Waals surface area contributed by atoms with E-state index < -0.39 is 0 Å². The lowest BCUT2D eigenvalue weighted by Crippen LogP contribution is -2.34. The van der Waals surface area contributed by atoms with Gasteiger partial charge in [0.2, 0.25) is 0 Å². The van der Waals surface area contributed by atoms with Crippen molar-refractivity contribution in [1.29, 1.82) is 0 Å². The van der Waals surface area contributed by atoms with Gasteiger partial charge in [0.25, 0.3) is 0 Å². The Morgan fingerprint density at radius 3 is 2.80 bits per heavy atom. The number of hydrogen-bond acceptors (Lipinski definition) is 2. The van der Waals surface area contributed by atoms with Crippen molar-refractivity contribution in [2.45, 2.75) is 18.9 Å². The smallest absolute Gasteiger partial charge is 0.317 e. The first-order chi connectivity index (χ1) is 9.74. The van der Waals surface area contributed by atoms with Gasteiger partial charge in [0.15, 0.2) is 0 Å². The summed E-state index contributed by atoms with van der Waals surface area (Å²) in [6.45, 7) is 0.824. The summed E-state index contributed by atoms with van der Waals surface area (Å²) in [5.74, 6) is 0. The fourth-order valence-electron chi connectivity index (χ4n) is 2.51. The molecule has 1 aromatic heterocycles. The van der Waals surface area contributed by atoms with Crippen molar-refractivity contribution in [2.24, 2.45) is 0 Å². The number of hydrogen-bond donors (Lipinski definition) is 1. The lowest BCUT2D eigenvalue weighted by atomic mass is 10.2. The standard InChI is InChI=1S/C15H15BrN2OS/c16-11-5-7-12(8-6-11)17-15(19)18-9-1-3-13(18)14-4-2-10-20-14/h2,4-8,10,13H,1,3,9H2,(H,17,19). The van der Waals surface area contributed by atoms with Gasteiger partial charge in [0.05, 0.1) is 6.04 Å². The van der Waals surface area contributed by atoms with E-state index in [1.54, 1.807) is 11.3 Å². The topological polar surface area (TPSA) is 32.3 Å². The summed E-state index contributed by atoms with van der Waals surface area (Å²) in [7, 11) is 0. The molecule has 1 aromatic carbocycles. The third-order valence-corrected chi connectivity index (χ3v) is 4.98. The normalized spacial score (nSPS) is 18.2. The van der Waals surface area contributed by atoms with Crippen LogP contribution < -0.4 is 5.32 Å². The SMILES string of the molecule is O=C(Nc1ccc(Br)cc1)N1CCCC1c1cccs1. The maximum atomic E-state index is 12.4. The van der Waals surface area contributed by atoms with Gasteiger partial charge >= 0.3 is 6.03 Å². The number of benzene rings is 1. The molecule has 0 bridgehead atoms. The molecule has 3 rings (SSSR count). The summed E-state index contributed by atoms with van der Waals surface area (Å²) in [5.41, 5.74) is 0.829. The molecule has 1 saturated heterocycles. The van der Waals surface area contributed by atoms with Crippen molar-refractivity contribution in [3.05, 3.63) is 51.1 Å². The van der Waals surface area contributed by atoms with Crippen LogP contribution in [0.2, 0.25) is 0 Å². The number of carbonyl (C=O) groups excluding carboxylic acids is 1. The van der Waals surface area contributed by atoms with E-state index in [4.69, 9.17) is 0 Å². The number of nitrogens with one attached hydrogen (secondary N) is 1. The Hall–Kier alpha value is -1.33. The van der Waals surface area contributed by atoms with Crippen molar-refractivity contribution in [3.63, 3.8) is 0 Å². The highest BCUT2D eigenvalue weighted by atomic mass is 79.9. The van der Waals surface area contributed by atoms with Gasteiger partial charge in [0, 0.05) is 21.6 Å². The van der Waals surface area contributed by atoms with E-state index in [2.05, 4.69) is 32.7 Å². The summed E-state index contributed by atoms with van der Waals surface area (Å²) in [4.78, 5) is 15.6. The fourth-order valence-corrected chi connectivity index (χ4v) is 3.65. The van der Waals surface area contributed by atoms with Gasteiger partial charge in [-0.15, -0.1) is 11.3 Å². The van der Waals surface area contributed by atoms with Crippen molar-refractivity contribution < 1.29 is 4.79 Å². The Kier molecular flexibility index (Phi) is 4.08. The quantitative estimate of drug-likeness (QED) is 0.822. The first-order valence-electron chi connectivity index (χ1n) is 6.60.